The maximum Gasteiger partial charge on any atom is 0.413 e. The standard InChI is InChI=1S/C22H25FN4O2S/c1-21(2,3)27(20(28)29)19-26-22(13-24-11-16(22)12-30-19)15-7-4-6-14(10-15)17-8-5-9-25-18(17)23/h4-10,16,24H,11-13H2,1-3H3,(H,28,29)/t16-,22+/m0/s1. The zero-order valence-electron chi connectivity index (χ0n) is 17.2. The average molecular weight is 429 g/mol. The van der Waals surface area contributed by atoms with Gasteiger partial charge in [-0.25, -0.2) is 14.8 Å². The molecule has 6 nitrogen and oxygen atoms in total. The molecule has 3 heterocycles. The Bertz CT molecular complexity index is 1010. The number of nitrogens with one attached hydrogen (secondary N) is 1. The van der Waals surface area contributed by atoms with Gasteiger partial charge in [-0.3, -0.25) is 4.90 Å². The monoisotopic (exact) mass is 428 g/mol. The van der Waals surface area contributed by atoms with Gasteiger partial charge in [0.1, 0.15) is 5.54 Å². The highest BCUT2D eigenvalue weighted by Crippen LogP contribution is 2.45. The lowest BCUT2D eigenvalue weighted by molar-refractivity contribution is 0.141. The van der Waals surface area contributed by atoms with E-state index in [0.29, 0.717) is 17.3 Å². The molecule has 0 radical (unpaired) electrons. The summed E-state index contributed by atoms with van der Waals surface area (Å²) >= 11 is 1.48. The van der Waals surface area contributed by atoms with Gasteiger partial charge in [-0.05, 0) is 50.1 Å². The number of fused-ring (bicyclic) bond motifs is 1. The van der Waals surface area contributed by atoms with E-state index in [1.807, 2.05) is 45.0 Å². The van der Waals surface area contributed by atoms with Crippen LogP contribution < -0.4 is 5.32 Å². The Hall–Kier alpha value is -2.45. The number of hydrogen-bond acceptors (Lipinski definition) is 5. The molecule has 2 aliphatic heterocycles. The van der Waals surface area contributed by atoms with Crippen molar-refractivity contribution in [1.29, 1.82) is 0 Å². The van der Waals surface area contributed by atoms with E-state index in [4.69, 9.17) is 4.99 Å². The van der Waals surface area contributed by atoms with E-state index in [-0.39, 0.29) is 5.92 Å². The number of thioether (sulfide) groups is 1. The number of aliphatic imine (C=N–C) groups is 1. The van der Waals surface area contributed by atoms with Crippen LogP contribution in [-0.2, 0) is 5.54 Å². The largest absolute Gasteiger partial charge is 0.465 e. The van der Waals surface area contributed by atoms with Gasteiger partial charge in [-0.15, -0.1) is 0 Å². The quantitative estimate of drug-likeness (QED) is 0.702. The van der Waals surface area contributed by atoms with Crippen molar-refractivity contribution in [3.8, 4) is 11.1 Å². The first-order valence-electron chi connectivity index (χ1n) is 9.90. The smallest absolute Gasteiger partial charge is 0.413 e. The molecule has 1 aromatic heterocycles. The van der Waals surface area contributed by atoms with Crippen molar-refractivity contribution < 1.29 is 14.3 Å². The van der Waals surface area contributed by atoms with Crippen LogP contribution >= 0.6 is 11.8 Å². The molecular weight excluding hydrogens is 403 g/mol. The number of amides is 1. The van der Waals surface area contributed by atoms with E-state index in [9.17, 15) is 14.3 Å². The summed E-state index contributed by atoms with van der Waals surface area (Å²) in [7, 11) is 0. The second-order valence-electron chi connectivity index (χ2n) is 8.67. The van der Waals surface area contributed by atoms with E-state index in [2.05, 4.69) is 10.3 Å². The van der Waals surface area contributed by atoms with Crippen molar-refractivity contribution in [2.75, 3.05) is 18.8 Å². The van der Waals surface area contributed by atoms with Gasteiger partial charge < -0.3 is 10.4 Å². The minimum Gasteiger partial charge on any atom is -0.465 e. The predicted molar refractivity (Wildman–Crippen MR) is 117 cm³/mol. The van der Waals surface area contributed by atoms with Gasteiger partial charge in [0.15, 0.2) is 5.17 Å². The molecule has 2 aromatic rings. The molecule has 2 N–H and O–H groups in total. The summed E-state index contributed by atoms with van der Waals surface area (Å²) in [5, 5.41) is 13.8. The van der Waals surface area contributed by atoms with E-state index in [1.165, 1.54) is 22.9 Å². The summed E-state index contributed by atoms with van der Waals surface area (Å²) in [5.74, 6) is 0.467. The Morgan fingerprint density at radius 1 is 1.33 bits per heavy atom. The number of benzene rings is 1. The van der Waals surface area contributed by atoms with Crippen molar-refractivity contribution in [2.24, 2.45) is 10.9 Å². The summed E-state index contributed by atoms with van der Waals surface area (Å²) in [6.45, 7) is 7.00. The Morgan fingerprint density at radius 3 is 2.83 bits per heavy atom. The number of hydrogen-bond donors (Lipinski definition) is 2. The van der Waals surface area contributed by atoms with Gasteiger partial charge in [0.05, 0.1) is 0 Å². The lowest BCUT2D eigenvalue weighted by Crippen LogP contribution is -2.51. The number of carbonyl (C=O) groups is 1. The van der Waals surface area contributed by atoms with Gasteiger partial charge in [0.2, 0.25) is 5.95 Å². The van der Waals surface area contributed by atoms with E-state index in [0.717, 1.165) is 23.4 Å². The molecule has 4 rings (SSSR count). The highest BCUT2D eigenvalue weighted by molar-refractivity contribution is 8.13. The Labute approximate surface area is 179 Å². The lowest BCUT2D eigenvalue weighted by atomic mass is 9.81. The Morgan fingerprint density at radius 2 is 2.13 bits per heavy atom. The maximum atomic E-state index is 14.3. The molecule has 0 saturated carbocycles. The molecule has 0 aliphatic carbocycles. The van der Waals surface area contributed by atoms with Crippen molar-refractivity contribution in [3.63, 3.8) is 0 Å². The lowest BCUT2D eigenvalue weighted by Gasteiger charge is -2.41. The van der Waals surface area contributed by atoms with E-state index >= 15 is 0 Å². The minimum atomic E-state index is -1.01. The summed E-state index contributed by atoms with van der Waals surface area (Å²) in [6, 6.07) is 11.1. The molecule has 0 unspecified atom stereocenters. The van der Waals surface area contributed by atoms with Crippen LogP contribution in [0.4, 0.5) is 9.18 Å². The van der Waals surface area contributed by atoms with Crippen LogP contribution in [0.5, 0.6) is 0 Å². The second-order valence-corrected chi connectivity index (χ2v) is 9.66. The van der Waals surface area contributed by atoms with Crippen molar-refractivity contribution in [3.05, 3.63) is 54.1 Å². The van der Waals surface area contributed by atoms with Gasteiger partial charge in [-0.1, -0.05) is 30.0 Å². The number of nitrogens with zero attached hydrogens (tertiary/aromatic N) is 3. The van der Waals surface area contributed by atoms with Crippen molar-refractivity contribution in [2.45, 2.75) is 31.8 Å². The molecule has 8 heteroatoms. The van der Waals surface area contributed by atoms with Gasteiger partial charge in [0, 0.05) is 42.1 Å². The molecular formula is C22H25FN4O2S. The predicted octanol–water partition coefficient (Wildman–Crippen LogP) is 4.18. The van der Waals surface area contributed by atoms with Gasteiger partial charge in [0.25, 0.3) is 0 Å². The number of rotatable bonds is 2. The van der Waals surface area contributed by atoms with Crippen LogP contribution in [0.3, 0.4) is 0 Å². The third kappa shape index (κ3) is 3.58. The Kier molecular flexibility index (Phi) is 5.32. The molecule has 1 saturated heterocycles. The van der Waals surface area contributed by atoms with Crippen LogP contribution in [0.15, 0.2) is 47.6 Å². The highest BCUT2D eigenvalue weighted by Gasteiger charge is 2.49. The normalized spacial score (nSPS) is 23.6. The summed E-state index contributed by atoms with van der Waals surface area (Å²) < 4.78 is 14.3. The van der Waals surface area contributed by atoms with E-state index in [1.54, 1.807) is 12.1 Å². The molecule has 1 fully saturated rings. The van der Waals surface area contributed by atoms with Crippen molar-refractivity contribution >= 4 is 23.0 Å². The first-order valence-corrected chi connectivity index (χ1v) is 10.9. The van der Waals surface area contributed by atoms with Crippen LogP contribution in [0.1, 0.15) is 26.3 Å². The number of carboxylic acid groups (broad SMARTS) is 1. The zero-order valence-corrected chi connectivity index (χ0v) is 18.0. The first kappa shape index (κ1) is 20.8. The molecule has 0 spiro atoms. The summed E-state index contributed by atoms with van der Waals surface area (Å²) in [5.41, 5.74) is 0.927. The highest BCUT2D eigenvalue weighted by atomic mass is 32.2. The summed E-state index contributed by atoms with van der Waals surface area (Å²) in [6.07, 6.45) is 0.416. The van der Waals surface area contributed by atoms with Crippen LogP contribution in [0, 0.1) is 11.9 Å². The first-order chi connectivity index (χ1) is 14.2. The molecule has 2 atom stereocenters. The molecule has 1 aromatic carbocycles. The number of halogens is 1. The fraction of sp³-hybridized carbons (Fsp3) is 0.409. The van der Waals surface area contributed by atoms with Crippen LogP contribution in [0.25, 0.3) is 11.1 Å². The van der Waals surface area contributed by atoms with Gasteiger partial charge in [-0.2, -0.15) is 4.39 Å². The molecule has 2 aliphatic rings. The molecule has 158 valence electrons. The third-order valence-electron chi connectivity index (χ3n) is 5.66. The second kappa shape index (κ2) is 7.67. The number of aromatic nitrogens is 1. The fourth-order valence-electron chi connectivity index (χ4n) is 4.19. The van der Waals surface area contributed by atoms with Crippen LogP contribution in [-0.4, -0.2) is 50.6 Å². The third-order valence-corrected chi connectivity index (χ3v) is 6.76. The van der Waals surface area contributed by atoms with Gasteiger partial charge >= 0.3 is 6.09 Å². The minimum absolute atomic E-state index is 0.218. The molecule has 1 amide bonds. The molecule has 30 heavy (non-hydrogen) atoms. The maximum absolute atomic E-state index is 14.3. The number of pyridine rings is 1. The topological polar surface area (TPSA) is 77.8 Å². The average Bonchev–Trinajstić information content (AvgIpc) is 3.11. The van der Waals surface area contributed by atoms with E-state index < -0.39 is 23.1 Å². The fourth-order valence-corrected chi connectivity index (χ4v) is 5.64. The Balaban J connectivity index is 1.83. The number of amidine groups is 1. The molecule has 0 bridgehead atoms. The SMILES string of the molecule is CC(C)(C)N(C(=O)O)C1=N[C@@]2(c3cccc(-c4cccnc4F)c3)CNC[C@H]2CS1. The zero-order chi connectivity index (χ0) is 21.5. The van der Waals surface area contributed by atoms with Crippen molar-refractivity contribution in [1.82, 2.24) is 15.2 Å². The van der Waals surface area contributed by atoms with Crippen LogP contribution in [0.2, 0.25) is 0 Å². The summed E-state index contributed by atoms with van der Waals surface area (Å²) in [4.78, 5) is 22.2.